The first-order chi connectivity index (χ1) is 7.79. The third kappa shape index (κ3) is 2.46. The second-order valence-electron chi connectivity index (χ2n) is 3.68. The quantitative estimate of drug-likeness (QED) is 0.687. The molecule has 86 valence electrons. The molecule has 0 bridgehead atoms. The van der Waals surface area contributed by atoms with Gasteiger partial charge in [0, 0.05) is 50.6 Å². The maximum atomic E-state index is 11.2. The second-order valence-corrected chi connectivity index (χ2v) is 3.68. The lowest BCUT2D eigenvalue weighted by Gasteiger charge is -2.18. The Morgan fingerprint density at radius 2 is 2.12 bits per heavy atom. The number of nitrogens with zero attached hydrogens (tertiary/aromatic N) is 3. The predicted molar refractivity (Wildman–Crippen MR) is 59.8 cm³/mol. The molecule has 1 aromatic heterocycles. The van der Waals surface area contributed by atoms with Crippen LogP contribution >= 0.6 is 0 Å². The van der Waals surface area contributed by atoms with Crippen LogP contribution in [-0.2, 0) is 11.3 Å². The summed E-state index contributed by atoms with van der Waals surface area (Å²) in [6.45, 7) is 2.49. The lowest BCUT2D eigenvalue weighted by Crippen LogP contribution is -2.29. The number of anilines is 1. The zero-order chi connectivity index (χ0) is 11.4. The van der Waals surface area contributed by atoms with Crippen LogP contribution < -0.4 is 16.0 Å². The van der Waals surface area contributed by atoms with E-state index in [2.05, 4.69) is 15.3 Å². The average molecular weight is 221 g/mol. The summed E-state index contributed by atoms with van der Waals surface area (Å²) in [6.07, 6.45) is 3.94. The monoisotopic (exact) mass is 221 g/mol. The van der Waals surface area contributed by atoms with Crippen LogP contribution in [0.5, 0.6) is 0 Å². The van der Waals surface area contributed by atoms with E-state index in [0.717, 1.165) is 12.1 Å². The molecule has 16 heavy (non-hydrogen) atoms. The number of hydrogen-bond donors (Lipinski definition) is 2. The van der Waals surface area contributed by atoms with Gasteiger partial charge in [0.15, 0.2) is 0 Å². The van der Waals surface area contributed by atoms with Crippen molar-refractivity contribution >= 4 is 11.9 Å². The lowest BCUT2D eigenvalue weighted by molar-refractivity contribution is -0.120. The first-order valence-corrected chi connectivity index (χ1v) is 5.32. The van der Waals surface area contributed by atoms with Crippen LogP contribution in [0.3, 0.4) is 0 Å². The Balaban J connectivity index is 2.07. The molecule has 2 heterocycles. The van der Waals surface area contributed by atoms with E-state index in [1.54, 1.807) is 12.4 Å². The van der Waals surface area contributed by atoms with Crippen molar-refractivity contribution < 1.29 is 4.79 Å². The highest BCUT2D eigenvalue weighted by molar-refractivity contribution is 5.76. The number of amides is 1. The molecule has 0 aliphatic carbocycles. The van der Waals surface area contributed by atoms with Crippen LogP contribution in [0.4, 0.5) is 5.95 Å². The molecule has 1 aliphatic rings. The van der Waals surface area contributed by atoms with E-state index >= 15 is 0 Å². The molecule has 0 spiro atoms. The minimum Gasteiger partial charge on any atom is -0.354 e. The van der Waals surface area contributed by atoms with Crippen molar-refractivity contribution in [2.45, 2.75) is 13.0 Å². The number of aromatic nitrogens is 2. The molecule has 2 rings (SSSR count). The molecule has 1 amide bonds. The van der Waals surface area contributed by atoms with E-state index in [0.29, 0.717) is 32.0 Å². The summed E-state index contributed by atoms with van der Waals surface area (Å²) in [4.78, 5) is 21.6. The molecule has 1 saturated heterocycles. The van der Waals surface area contributed by atoms with Gasteiger partial charge in [0.1, 0.15) is 0 Å². The van der Waals surface area contributed by atoms with Gasteiger partial charge in [-0.2, -0.15) is 0 Å². The first-order valence-electron chi connectivity index (χ1n) is 5.32. The summed E-state index contributed by atoms with van der Waals surface area (Å²) in [7, 11) is 0. The molecule has 1 aromatic rings. The van der Waals surface area contributed by atoms with Crippen LogP contribution in [0.2, 0.25) is 0 Å². The standard InChI is InChI=1S/C10H15N5O/c11-5-8-6-13-10(14-7-8)15-3-1-9(16)12-2-4-15/h6-7H,1-5,11H2,(H,12,16). The van der Waals surface area contributed by atoms with E-state index in [1.807, 2.05) is 4.90 Å². The van der Waals surface area contributed by atoms with Gasteiger partial charge in [-0.05, 0) is 0 Å². The normalized spacial score (nSPS) is 16.8. The molecule has 3 N–H and O–H groups in total. The van der Waals surface area contributed by atoms with Crippen LogP contribution in [0.1, 0.15) is 12.0 Å². The third-order valence-electron chi connectivity index (χ3n) is 2.52. The molecule has 1 aliphatic heterocycles. The van der Waals surface area contributed by atoms with Gasteiger partial charge in [-0.15, -0.1) is 0 Å². The Morgan fingerprint density at radius 1 is 1.38 bits per heavy atom. The number of carbonyl (C=O) groups is 1. The van der Waals surface area contributed by atoms with Crippen LogP contribution in [-0.4, -0.2) is 35.5 Å². The largest absolute Gasteiger partial charge is 0.354 e. The van der Waals surface area contributed by atoms with Crippen LogP contribution in [0, 0.1) is 0 Å². The molecular formula is C10H15N5O. The van der Waals surface area contributed by atoms with Gasteiger partial charge in [-0.25, -0.2) is 9.97 Å². The molecule has 0 radical (unpaired) electrons. The predicted octanol–water partition coefficient (Wildman–Crippen LogP) is -0.738. The fourth-order valence-corrected chi connectivity index (χ4v) is 1.58. The maximum Gasteiger partial charge on any atom is 0.225 e. The Morgan fingerprint density at radius 3 is 2.81 bits per heavy atom. The SMILES string of the molecule is NCc1cnc(N2CCNC(=O)CC2)nc1. The van der Waals surface area contributed by atoms with Crippen molar-refractivity contribution in [1.82, 2.24) is 15.3 Å². The summed E-state index contributed by atoms with van der Waals surface area (Å²) in [5, 5.41) is 2.81. The van der Waals surface area contributed by atoms with Crippen molar-refractivity contribution in [2.75, 3.05) is 24.5 Å². The first kappa shape index (κ1) is 10.8. The molecule has 6 nitrogen and oxygen atoms in total. The van der Waals surface area contributed by atoms with Crippen molar-refractivity contribution in [3.63, 3.8) is 0 Å². The highest BCUT2D eigenvalue weighted by Gasteiger charge is 2.15. The Kier molecular flexibility index (Phi) is 3.31. The van der Waals surface area contributed by atoms with E-state index in [1.165, 1.54) is 0 Å². The molecule has 0 atom stereocenters. The van der Waals surface area contributed by atoms with Crippen molar-refractivity contribution in [3.8, 4) is 0 Å². The van der Waals surface area contributed by atoms with E-state index in [9.17, 15) is 4.79 Å². The molecule has 1 fully saturated rings. The molecule has 6 heteroatoms. The molecule has 0 saturated carbocycles. The summed E-state index contributed by atoms with van der Waals surface area (Å²) in [6, 6.07) is 0. The van der Waals surface area contributed by atoms with Crippen molar-refractivity contribution in [2.24, 2.45) is 5.73 Å². The lowest BCUT2D eigenvalue weighted by atomic mass is 10.3. The Labute approximate surface area is 93.9 Å². The topological polar surface area (TPSA) is 84.1 Å². The van der Waals surface area contributed by atoms with Gasteiger partial charge < -0.3 is 16.0 Å². The fraction of sp³-hybridized carbons (Fsp3) is 0.500. The Bertz CT molecular complexity index is 364. The number of rotatable bonds is 2. The highest BCUT2D eigenvalue weighted by atomic mass is 16.1. The second kappa shape index (κ2) is 4.89. The number of nitrogens with one attached hydrogen (secondary N) is 1. The summed E-state index contributed by atoms with van der Waals surface area (Å²) in [5.41, 5.74) is 6.38. The zero-order valence-corrected chi connectivity index (χ0v) is 9.02. The van der Waals surface area contributed by atoms with Crippen molar-refractivity contribution in [1.29, 1.82) is 0 Å². The fourth-order valence-electron chi connectivity index (χ4n) is 1.58. The number of nitrogens with two attached hydrogens (primary N) is 1. The summed E-state index contributed by atoms with van der Waals surface area (Å²) in [5.74, 6) is 0.745. The van der Waals surface area contributed by atoms with E-state index < -0.39 is 0 Å². The zero-order valence-electron chi connectivity index (χ0n) is 9.02. The van der Waals surface area contributed by atoms with Gasteiger partial charge in [0.05, 0.1) is 0 Å². The number of carbonyl (C=O) groups excluding carboxylic acids is 1. The van der Waals surface area contributed by atoms with Crippen molar-refractivity contribution in [3.05, 3.63) is 18.0 Å². The van der Waals surface area contributed by atoms with Gasteiger partial charge >= 0.3 is 0 Å². The summed E-state index contributed by atoms with van der Waals surface area (Å²) >= 11 is 0. The summed E-state index contributed by atoms with van der Waals surface area (Å²) < 4.78 is 0. The van der Waals surface area contributed by atoms with E-state index in [-0.39, 0.29) is 5.91 Å². The third-order valence-corrected chi connectivity index (χ3v) is 2.52. The molecule has 0 aromatic carbocycles. The smallest absolute Gasteiger partial charge is 0.225 e. The minimum atomic E-state index is 0.0843. The van der Waals surface area contributed by atoms with Crippen LogP contribution in [0.15, 0.2) is 12.4 Å². The maximum absolute atomic E-state index is 11.2. The van der Waals surface area contributed by atoms with Gasteiger partial charge in [-0.1, -0.05) is 0 Å². The molecular weight excluding hydrogens is 206 g/mol. The van der Waals surface area contributed by atoms with Crippen LogP contribution in [0.25, 0.3) is 0 Å². The van der Waals surface area contributed by atoms with Gasteiger partial charge in [-0.3, -0.25) is 4.79 Å². The Hall–Kier alpha value is -1.69. The van der Waals surface area contributed by atoms with E-state index in [4.69, 9.17) is 5.73 Å². The van der Waals surface area contributed by atoms with Gasteiger partial charge in [0.25, 0.3) is 0 Å². The van der Waals surface area contributed by atoms with Gasteiger partial charge in [0.2, 0.25) is 11.9 Å². The highest BCUT2D eigenvalue weighted by Crippen LogP contribution is 2.08. The minimum absolute atomic E-state index is 0.0843. The number of hydrogen-bond acceptors (Lipinski definition) is 5. The molecule has 0 unspecified atom stereocenters. The average Bonchev–Trinajstić information content (AvgIpc) is 2.54.